The third kappa shape index (κ3) is 6.49. The topological polar surface area (TPSA) is 75.8 Å². The Morgan fingerprint density at radius 2 is 1.63 bits per heavy atom. The summed E-state index contributed by atoms with van der Waals surface area (Å²) in [7, 11) is 0. The number of aromatic nitrogens is 1. The number of carbonyl (C=O) groups excluding carboxylic acids is 1. The van der Waals surface area contributed by atoms with Crippen LogP contribution in [-0.4, -0.2) is 54.9 Å². The largest absolute Gasteiger partial charge is 0.494 e. The van der Waals surface area contributed by atoms with E-state index in [0.29, 0.717) is 48.1 Å². The molecule has 9 heteroatoms. The second kappa shape index (κ2) is 12.7. The van der Waals surface area contributed by atoms with E-state index in [4.69, 9.17) is 37.4 Å². The molecule has 2 aliphatic heterocycles. The van der Waals surface area contributed by atoms with Gasteiger partial charge in [0.05, 0.1) is 19.3 Å². The third-order valence-electron chi connectivity index (χ3n) is 7.74. The van der Waals surface area contributed by atoms with Crippen molar-refractivity contribution in [2.24, 2.45) is 0 Å². The van der Waals surface area contributed by atoms with Crippen LogP contribution in [-0.2, 0) is 11.2 Å². The van der Waals surface area contributed by atoms with E-state index in [0.717, 1.165) is 65.8 Å². The van der Waals surface area contributed by atoms with E-state index in [2.05, 4.69) is 10.3 Å². The van der Waals surface area contributed by atoms with Gasteiger partial charge in [-0.3, -0.25) is 4.90 Å². The lowest BCUT2D eigenvalue weighted by atomic mass is 9.92. The number of rotatable bonds is 8. The predicted octanol–water partition coefficient (Wildman–Crippen LogP) is 7.16. The van der Waals surface area contributed by atoms with E-state index < -0.39 is 6.09 Å². The second-order valence-corrected chi connectivity index (χ2v) is 11.3. The summed E-state index contributed by atoms with van der Waals surface area (Å²) in [6.07, 6.45) is 3.58. The van der Waals surface area contributed by atoms with Crippen molar-refractivity contribution >= 4 is 40.2 Å². The molecule has 2 aliphatic rings. The number of fused-ring (bicyclic) bond motifs is 3. The van der Waals surface area contributed by atoms with Crippen molar-refractivity contribution in [2.75, 3.05) is 32.8 Å². The Labute approximate surface area is 249 Å². The van der Waals surface area contributed by atoms with Gasteiger partial charge in [0.1, 0.15) is 17.5 Å². The van der Waals surface area contributed by atoms with Crippen molar-refractivity contribution in [1.29, 1.82) is 0 Å². The number of H-pyrrole nitrogens is 1. The van der Waals surface area contributed by atoms with Crippen LogP contribution in [0.1, 0.15) is 42.1 Å². The van der Waals surface area contributed by atoms with Gasteiger partial charge in [0.2, 0.25) is 0 Å². The molecule has 1 amide bonds. The summed E-state index contributed by atoms with van der Waals surface area (Å²) in [5, 5.41) is 5.70. The Hall–Kier alpha value is -3.23. The number of hydrogen-bond acceptors (Lipinski definition) is 5. The number of aromatic amines is 1. The summed E-state index contributed by atoms with van der Waals surface area (Å²) in [5.41, 5.74) is 4.07. The number of piperidine rings is 1. The highest BCUT2D eigenvalue weighted by molar-refractivity contribution is 6.31. The average molecular weight is 595 g/mol. The minimum Gasteiger partial charge on any atom is -0.494 e. The smallest absolute Gasteiger partial charge is 0.416 e. The lowest BCUT2D eigenvalue weighted by molar-refractivity contribution is 0.0269. The maximum Gasteiger partial charge on any atom is 0.416 e. The molecule has 0 bridgehead atoms. The van der Waals surface area contributed by atoms with Crippen LogP contribution in [0.4, 0.5) is 4.79 Å². The summed E-state index contributed by atoms with van der Waals surface area (Å²) in [6.45, 7) is 3.83. The number of nitrogens with one attached hydrogen (secondary N) is 2. The first-order chi connectivity index (χ1) is 20.0. The molecule has 0 spiro atoms. The summed E-state index contributed by atoms with van der Waals surface area (Å²) >= 11 is 12.4. The highest BCUT2D eigenvalue weighted by Gasteiger charge is 2.35. The summed E-state index contributed by atoms with van der Waals surface area (Å²) < 4.78 is 17.7. The van der Waals surface area contributed by atoms with Gasteiger partial charge in [-0.1, -0.05) is 35.3 Å². The average Bonchev–Trinajstić information content (AvgIpc) is 3.36. The number of hydrogen-bond donors (Lipinski definition) is 2. The number of nitrogens with zero attached hydrogens (tertiary/aromatic N) is 1. The van der Waals surface area contributed by atoms with Crippen LogP contribution in [0, 0.1) is 0 Å². The standard InChI is InChI=1S/C32H33Cl2N3O4/c33-22-4-9-26(10-5-22)41-32(38)37-17-14-27-28-20-23(34)6-11-29(28)36-30(27)31(37)21-2-7-24(8-3-21)39-18-1-19-40-25-12-15-35-16-13-25/h2-11,20,25,31,35-36H,1,12-19H2. The van der Waals surface area contributed by atoms with E-state index in [1.54, 1.807) is 29.2 Å². The Kier molecular flexibility index (Phi) is 8.67. The molecule has 0 saturated carbocycles. The van der Waals surface area contributed by atoms with Crippen LogP contribution < -0.4 is 14.8 Å². The monoisotopic (exact) mass is 593 g/mol. The minimum atomic E-state index is -0.422. The molecule has 6 rings (SSSR count). The second-order valence-electron chi connectivity index (χ2n) is 10.5. The number of benzene rings is 3. The first kappa shape index (κ1) is 27.9. The molecule has 41 heavy (non-hydrogen) atoms. The Balaban J connectivity index is 1.19. The zero-order valence-corrected chi connectivity index (χ0v) is 24.2. The maximum atomic E-state index is 13.5. The van der Waals surface area contributed by atoms with Crippen LogP contribution >= 0.6 is 23.2 Å². The van der Waals surface area contributed by atoms with Crippen molar-refractivity contribution in [3.05, 3.63) is 93.6 Å². The van der Waals surface area contributed by atoms with E-state index in [1.807, 2.05) is 42.5 Å². The molecule has 214 valence electrons. The van der Waals surface area contributed by atoms with E-state index in [1.165, 1.54) is 0 Å². The molecule has 1 aromatic heterocycles. The SMILES string of the molecule is O=C(Oc1ccc(Cl)cc1)N1CCc2c([nH]c3ccc(Cl)cc23)C1c1ccc(OCCCOC2CCNCC2)cc1. The predicted molar refractivity (Wildman–Crippen MR) is 161 cm³/mol. The molecular formula is C32H33Cl2N3O4. The van der Waals surface area contributed by atoms with Gasteiger partial charge in [-0.2, -0.15) is 0 Å². The summed E-state index contributed by atoms with van der Waals surface area (Å²) in [4.78, 5) is 18.8. The van der Waals surface area contributed by atoms with Gasteiger partial charge in [-0.15, -0.1) is 0 Å². The zero-order valence-electron chi connectivity index (χ0n) is 22.7. The molecule has 3 heterocycles. The third-order valence-corrected chi connectivity index (χ3v) is 8.22. The van der Waals surface area contributed by atoms with Gasteiger partial charge < -0.3 is 24.5 Å². The van der Waals surface area contributed by atoms with Crippen LogP contribution in [0.3, 0.4) is 0 Å². The molecule has 0 radical (unpaired) electrons. The number of carbonyl (C=O) groups is 1. The molecule has 1 saturated heterocycles. The molecule has 2 N–H and O–H groups in total. The van der Waals surface area contributed by atoms with Crippen LogP contribution in [0.15, 0.2) is 66.7 Å². The quantitative estimate of drug-likeness (QED) is 0.212. The fourth-order valence-electron chi connectivity index (χ4n) is 5.67. The Bertz CT molecular complexity index is 1480. The zero-order chi connectivity index (χ0) is 28.2. The first-order valence-corrected chi connectivity index (χ1v) is 14.9. The maximum absolute atomic E-state index is 13.5. The highest BCUT2D eigenvalue weighted by Crippen LogP contribution is 2.40. The van der Waals surface area contributed by atoms with E-state index >= 15 is 0 Å². The van der Waals surface area contributed by atoms with Gasteiger partial charge in [0.25, 0.3) is 0 Å². The molecule has 3 aromatic carbocycles. The summed E-state index contributed by atoms with van der Waals surface area (Å²) in [6, 6.07) is 20.2. The van der Waals surface area contributed by atoms with Gasteiger partial charge in [0.15, 0.2) is 0 Å². The molecule has 1 atom stereocenters. The van der Waals surface area contributed by atoms with E-state index in [9.17, 15) is 4.79 Å². The lowest BCUT2D eigenvalue weighted by Gasteiger charge is -2.35. The molecule has 4 aromatic rings. The van der Waals surface area contributed by atoms with Crippen molar-refractivity contribution < 1.29 is 19.0 Å². The van der Waals surface area contributed by atoms with Crippen LogP contribution in [0.2, 0.25) is 10.0 Å². The van der Waals surface area contributed by atoms with Crippen molar-refractivity contribution in [2.45, 2.75) is 37.8 Å². The normalized spacial score (nSPS) is 17.4. The molecule has 0 aliphatic carbocycles. The number of halogens is 2. The lowest BCUT2D eigenvalue weighted by Crippen LogP contribution is -2.42. The van der Waals surface area contributed by atoms with Crippen LogP contribution in [0.5, 0.6) is 11.5 Å². The van der Waals surface area contributed by atoms with Gasteiger partial charge in [-0.05, 0) is 98.1 Å². The molecule has 7 nitrogen and oxygen atoms in total. The van der Waals surface area contributed by atoms with E-state index in [-0.39, 0.29) is 6.04 Å². The fraction of sp³-hybridized carbons (Fsp3) is 0.344. The van der Waals surface area contributed by atoms with Gasteiger partial charge in [0, 0.05) is 39.6 Å². The number of ether oxygens (including phenoxy) is 3. The van der Waals surface area contributed by atoms with Gasteiger partial charge in [-0.25, -0.2) is 4.79 Å². The van der Waals surface area contributed by atoms with Crippen molar-refractivity contribution in [3.8, 4) is 11.5 Å². The highest BCUT2D eigenvalue weighted by atomic mass is 35.5. The molecular weight excluding hydrogens is 561 g/mol. The van der Waals surface area contributed by atoms with Crippen molar-refractivity contribution in [1.82, 2.24) is 15.2 Å². The first-order valence-electron chi connectivity index (χ1n) is 14.1. The molecule has 1 unspecified atom stereocenters. The summed E-state index contributed by atoms with van der Waals surface area (Å²) in [5.74, 6) is 1.23. The number of amides is 1. The minimum absolute atomic E-state index is 0.353. The fourth-order valence-corrected chi connectivity index (χ4v) is 5.97. The Morgan fingerprint density at radius 1 is 0.902 bits per heavy atom. The van der Waals surface area contributed by atoms with Gasteiger partial charge >= 0.3 is 6.09 Å². The van der Waals surface area contributed by atoms with Crippen LogP contribution in [0.25, 0.3) is 10.9 Å². The Morgan fingerprint density at radius 3 is 2.41 bits per heavy atom. The van der Waals surface area contributed by atoms with Crippen molar-refractivity contribution in [3.63, 3.8) is 0 Å². The molecule has 1 fully saturated rings.